The standard InChI is InChI=1S/C14H22BrNO/c1-4-8-16-11(3)13-7-6-12(15)10-14(13)17-9-5-2/h6-7,10-11,16H,4-5,8-9H2,1-3H3. The summed E-state index contributed by atoms with van der Waals surface area (Å²) in [6.45, 7) is 8.28. The first kappa shape index (κ1) is 14.5. The zero-order valence-corrected chi connectivity index (χ0v) is 12.5. The quantitative estimate of drug-likeness (QED) is 0.810. The second-order valence-corrected chi connectivity index (χ2v) is 5.12. The lowest BCUT2D eigenvalue weighted by Crippen LogP contribution is -2.20. The molecule has 0 saturated heterocycles. The Labute approximate surface area is 113 Å². The van der Waals surface area contributed by atoms with Crippen molar-refractivity contribution in [1.29, 1.82) is 0 Å². The zero-order chi connectivity index (χ0) is 12.7. The van der Waals surface area contributed by atoms with Crippen molar-refractivity contribution in [2.24, 2.45) is 0 Å². The van der Waals surface area contributed by atoms with Crippen LogP contribution in [0.2, 0.25) is 0 Å². The molecule has 0 bridgehead atoms. The largest absolute Gasteiger partial charge is 0.493 e. The molecule has 1 N–H and O–H groups in total. The van der Waals surface area contributed by atoms with Gasteiger partial charge in [-0.15, -0.1) is 0 Å². The van der Waals surface area contributed by atoms with Gasteiger partial charge in [-0.1, -0.05) is 35.8 Å². The summed E-state index contributed by atoms with van der Waals surface area (Å²) in [7, 11) is 0. The van der Waals surface area contributed by atoms with Gasteiger partial charge in [0.05, 0.1) is 6.61 Å². The SMILES string of the molecule is CCCNC(C)c1ccc(Br)cc1OCCC. The van der Waals surface area contributed by atoms with E-state index in [0.717, 1.165) is 36.2 Å². The van der Waals surface area contributed by atoms with Crippen LogP contribution in [0.4, 0.5) is 0 Å². The maximum Gasteiger partial charge on any atom is 0.125 e. The zero-order valence-electron chi connectivity index (χ0n) is 10.9. The van der Waals surface area contributed by atoms with E-state index in [1.54, 1.807) is 0 Å². The molecule has 2 nitrogen and oxygen atoms in total. The van der Waals surface area contributed by atoms with E-state index < -0.39 is 0 Å². The van der Waals surface area contributed by atoms with Crippen molar-refractivity contribution >= 4 is 15.9 Å². The summed E-state index contributed by atoms with van der Waals surface area (Å²) in [4.78, 5) is 0. The molecule has 0 aliphatic rings. The number of hydrogen-bond donors (Lipinski definition) is 1. The molecule has 0 spiro atoms. The molecule has 0 aliphatic heterocycles. The van der Waals surface area contributed by atoms with Gasteiger partial charge in [0.25, 0.3) is 0 Å². The molecule has 0 fully saturated rings. The number of halogens is 1. The molecule has 0 amide bonds. The highest BCUT2D eigenvalue weighted by Crippen LogP contribution is 2.28. The van der Waals surface area contributed by atoms with E-state index in [9.17, 15) is 0 Å². The van der Waals surface area contributed by atoms with Gasteiger partial charge in [-0.05, 0) is 38.4 Å². The van der Waals surface area contributed by atoms with Crippen molar-refractivity contribution in [2.75, 3.05) is 13.2 Å². The van der Waals surface area contributed by atoms with Crippen molar-refractivity contribution in [1.82, 2.24) is 5.32 Å². The number of ether oxygens (including phenoxy) is 1. The lowest BCUT2D eigenvalue weighted by atomic mass is 10.1. The molecule has 1 aromatic carbocycles. The van der Waals surface area contributed by atoms with Crippen LogP contribution in [0.3, 0.4) is 0 Å². The minimum Gasteiger partial charge on any atom is -0.493 e. The van der Waals surface area contributed by atoms with Gasteiger partial charge in [-0.2, -0.15) is 0 Å². The van der Waals surface area contributed by atoms with Crippen molar-refractivity contribution in [2.45, 2.75) is 39.7 Å². The van der Waals surface area contributed by atoms with E-state index in [1.165, 1.54) is 5.56 Å². The highest BCUT2D eigenvalue weighted by Gasteiger charge is 2.11. The first-order valence-electron chi connectivity index (χ1n) is 6.34. The van der Waals surface area contributed by atoms with Crippen LogP contribution in [0.5, 0.6) is 5.75 Å². The molecule has 1 aromatic rings. The Bertz CT molecular complexity index is 341. The Kier molecular flexibility index (Phi) is 6.60. The van der Waals surface area contributed by atoms with E-state index in [2.05, 4.69) is 60.2 Å². The van der Waals surface area contributed by atoms with Crippen LogP contribution < -0.4 is 10.1 Å². The predicted molar refractivity (Wildman–Crippen MR) is 76.6 cm³/mol. The second-order valence-electron chi connectivity index (χ2n) is 4.21. The maximum absolute atomic E-state index is 5.80. The molecule has 0 saturated carbocycles. The number of benzene rings is 1. The fourth-order valence-corrected chi connectivity index (χ4v) is 2.01. The molecule has 0 aromatic heterocycles. The smallest absolute Gasteiger partial charge is 0.125 e. The minimum absolute atomic E-state index is 0.329. The van der Waals surface area contributed by atoms with Crippen LogP contribution >= 0.6 is 15.9 Å². The van der Waals surface area contributed by atoms with Crippen molar-refractivity contribution in [3.8, 4) is 5.75 Å². The normalized spacial score (nSPS) is 12.5. The van der Waals surface area contributed by atoms with Crippen molar-refractivity contribution < 1.29 is 4.74 Å². The lowest BCUT2D eigenvalue weighted by molar-refractivity contribution is 0.310. The molecule has 0 aliphatic carbocycles. The van der Waals surface area contributed by atoms with Crippen LogP contribution in [0.25, 0.3) is 0 Å². The highest BCUT2D eigenvalue weighted by molar-refractivity contribution is 9.10. The van der Waals surface area contributed by atoms with Gasteiger partial charge in [0.15, 0.2) is 0 Å². The third-order valence-corrected chi connectivity index (χ3v) is 3.10. The van der Waals surface area contributed by atoms with Crippen LogP contribution in [0.1, 0.15) is 45.2 Å². The Hall–Kier alpha value is -0.540. The molecule has 1 atom stereocenters. The van der Waals surface area contributed by atoms with Gasteiger partial charge in [0.1, 0.15) is 5.75 Å². The molecular weight excluding hydrogens is 278 g/mol. The molecular formula is C14H22BrNO. The third kappa shape index (κ3) is 4.68. The van der Waals surface area contributed by atoms with Gasteiger partial charge in [-0.25, -0.2) is 0 Å². The van der Waals surface area contributed by atoms with E-state index in [-0.39, 0.29) is 0 Å². The Morgan fingerprint density at radius 1 is 1.29 bits per heavy atom. The van der Waals surface area contributed by atoms with E-state index >= 15 is 0 Å². The lowest BCUT2D eigenvalue weighted by Gasteiger charge is -2.18. The predicted octanol–water partition coefficient (Wildman–Crippen LogP) is 4.30. The van der Waals surface area contributed by atoms with E-state index in [4.69, 9.17) is 4.74 Å². The summed E-state index contributed by atoms with van der Waals surface area (Å²) in [6.07, 6.45) is 2.18. The topological polar surface area (TPSA) is 21.3 Å². The fraction of sp³-hybridized carbons (Fsp3) is 0.571. The van der Waals surface area contributed by atoms with Gasteiger partial charge >= 0.3 is 0 Å². The van der Waals surface area contributed by atoms with Gasteiger partial charge < -0.3 is 10.1 Å². The molecule has 1 rings (SSSR count). The Morgan fingerprint density at radius 3 is 2.71 bits per heavy atom. The number of rotatable bonds is 7. The third-order valence-electron chi connectivity index (χ3n) is 2.60. The van der Waals surface area contributed by atoms with Crippen LogP contribution in [-0.2, 0) is 0 Å². The summed E-state index contributed by atoms with van der Waals surface area (Å²) in [5, 5.41) is 3.49. The molecule has 1 unspecified atom stereocenters. The fourth-order valence-electron chi connectivity index (χ4n) is 1.67. The molecule has 0 radical (unpaired) electrons. The summed E-state index contributed by atoms with van der Waals surface area (Å²) >= 11 is 3.49. The summed E-state index contributed by atoms with van der Waals surface area (Å²) in [6, 6.07) is 6.57. The Morgan fingerprint density at radius 2 is 2.06 bits per heavy atom. The summed E-state index contributed by atoms with van der Waals surface area (Å²) in [5.74, 6) is 0.984. The van der Waals surface area contributed by atoms with Crippen molar-refractivity contribution in [3.63, 3.8) is 0 Å². The average molecular weight is 300 g/mol. The summed E-state index contributed by atoms with van der Waals surface area (Å²) in [5.41, 5.74) is 1.23. The maximum atomic E-state index is 5.80. The van der Waals surface area contributed by atoms with Crippen molar-refractivity contribution in [3.05, 3.63) is 28.2 Å². The van der Waals surface area contributed by atoms with E-state index in [1.807, 2.05) is 0 Å². The highest BCUT2D eigenvalue weighted by atomic mass is 79.9. The second kappa shape index (κ2) is 7.72. The minimum atomic E-state index is 0.329. The summed E-state index contributed by atoms with van der Waals surface area (Å²) < 4.78 is 6.86. The van der Waals surface area contributed by atoms with E-state index in [0.29, 0.717) is 6.04 Å². The molecule has 96 valence electrons. The van der Waals surface area contributed by atoms with Gasteiger partial charge in [0, 0.05) is 16.1 Å². The van der Waals surface area contributed by atoms with Gasteiger partial charge in [0.2, 0.25) is 0 Å². The monoisotopic (exact) mass is 299 g/mol. The Balaban J connectivity index is 2.80. The molecule has 0 heterocycles. The number of hydrogen-bond acceptors (Lipinski definition) is 2. The van der Waals surface area contributed by atoms with Crippen LogP contribution in [-0.4, -0.2) is 13.2 Å². The van der Waals surface area contributed by atoms with Crippen LogP contribution in [0.15, 0.2) is 22.7 Å². The molecule has 3 heteroatoms. The van der Waals surface area contributed by atoms with Crippen LogP contribution in [0, 0.1) is 0 Å². The average Bonchev–Trinajstić information content (AvgIpc) is 2.33. The number of nitrogens with one attached hydrogen (secondary N) is 1. The first-order chi connectivity index (χ1) is 8.19. The molecule has 17 heavy (non-hydrogen) atoms. The first-order valence-corrected chi connectivity index (χ1v) is 7.14. The van der Waals surface area contributed by atoms with Gasteiger partial charge in [-0.3, -0.25) is 0 Å².